The van der Waals surface area contributed by atoms with E-state index in [0.29, 0.717) is 23.5 Å². The lowest BCUT2D eigenvalue weighted by Crippen LogP contribution is -2.31. The zero-order valence-corrected chi connectivity index (χ0v) is 15.0. The second-order valence-corrected chi connectivity index (χ2v) is 7.13. The normalized spacial score (nSPS) is 20.0. The third kappa shape index (κ3) is 2.89. The smallest absolute Gasteiger partial charge is 0.266 e. The minimum atomic E-state index is 0.108. The summed E-state index contributed by atoms with van der Waals surface area (Å²) in [6.07, 6.45) is 4.26. The number of anilines is 2. The molecule has 136 valence electrons. The lowest BCUT2D eigenvalue weighted by molar-refractivity contribution is 0.383. The molecule has 4 rings (SSSR count). The highest BCUT2D eigenvalue weighted by Crippen LogP contribution is 2.35. The van der Waals surface area contributed by atoms with E-state index in [1.54, 1.807) is 12.3 Å². The molecule has 1 aliphatic rings. The minimum absolute atomic E-state index is 0.108. The average molecular weight is 375 g/mol. The van der Waals surface area contributed by atoms with Crippen LogP contribution in [0.1, 0.15) is 13.3 Å². The highest BCUT2D eigenvalue weighted by molar-refractivity contribution is 6.34. The van der Waals surface area contributed by atoms with E-state index in [9.17, 15) is 0 Å². The number of H-pyrrole nitrogens is 1. The van der Waals surface area contributed by atoms with Crippen molar-refractivity contribution >= 4 is 34.4 Å². The highest BCUT2D eigenvalue weighted by atomic mass is 35.5. The van der Waals surface area contributed by atoms with Crippen LogP contribution < -0.4 is 21.1 Å². The molecule has 3 aromatic heterocycles. The van der Waals surface area contributed by atoms with E-state index >= 15 is 0 Å². The first kappa shape index (κ1) is 16.8. The molecular weight excluding hydrogens is 356 g/mol. The van der Waals surface area contributed by atoms with Gasteiger partial charge in [0.2, 0.25) is 0 Å². The van der Waals surface area contributed by atoms with Crippen LogP contribution in [0, 0.1) is 5.41 Å². The fourth-order valence-corrected chi connectivity index (χ4v) is 3.16. The molecule has 0 spiro atoms. The number of hydrogen-bond donors (Lipinski definition) is 3. The van der Waals surface area contributed by atoms with Gasteiger partial charge in [0.25, 0.3) is 5.88 Å². The Labute approximate surface area is 154 Å². The zero-order chi connectivity index (χ0) is 18.3. The predicted molar refractivity (Wildman–Crippen MR) is 99.4 cm³/mol. The zero-order valence-electron chi connectivity index (χ0n) is 14.2. The molecular formula is C16H19ClN8O. The van der Waals surface area contributed by atoms with Crippen molar-refractivity contribution in [2.75, 3.05) is 30.3 Å². The number of nitrogens with two attached hydrogens (primary N) is 2. The van der Waals surface area contributed by atoms with Crippen molar-refractivity contribution in [2.45, 2.75) is 13.3 Å². The van der Waals surface area contributed by atoms with E-state index in [1.165, 1.54) is 6.20 Å². The number of rotatable bonds is 4. The van der Waals surface area contributed by atoms with Gasteiger partial charge in [-0.1, -0.05) is 18.5 Å². The Morgan fingerprint density at radius 2 is 2.27 bits per heavy atom. The van der Waals surface area contributed by atoms with E-state index in [2.05, 4.69) is 37.0 Å². The molecule has 10 heteroatoms. The molecule has 1 fully saturated rings. The van der Waals surface area contributed by atoms with Crippen molar-refractivity contribution in [3.05, 3.63) is 23.5 Å². The van der Waals surface area contributed by atoms with Gasteiger partial charge in [-0.25, -0.2) is 15.0 Å². The van der Waals surface area contributed by atoms with Crippen molar-refractivity contribution in [1.29, 1.82) is 0 Å². The molecule has 0 radical (unpaired) electrons. The van der Waals surface area contributed by atoms with Crippen molar-refractivity contribution in [2.24, 2.45) is 11.1 Å². The van der Waals surface area contributed by atoms with Gasteiger partial charge in [0, 0.05) is 25.4 Å². The summed E-state index contributed by atoms with van der Waals surface area (Å²) >= 11 is 6.11. The minimum Gasteiger partial charge on any atom is -0.434 e. The number of pyridine rings is 1. The van der Waals surface area contributed by atoms with Gasteiger partial charge in [0.15, 0.2) is 16.9 Å². The van der Waals surface area contributed by atoms with E-state index < -0.39 is 0 Å². The van der Waals surface area contributed by atoms with E-state index in [1.807, 2.05) is 0 Å². The summed E-state index contributed by atoms with van der Waals surface area (Å²) in [4.78, 5) is 15.2. The monoisotopic (exact) mass is 374 g/mol. The third-order valence-corrected chi connectivity index (χ3v) is 5.07. The van der Waals surface area contributed by atoms with Gasteiger partial charge in [0.05, 0.1) is 6.20 Å². The SMILES string of the molecule is CC1(CN)CCN(c2cnc3c(Oc4ccnc(N)c4Cl)n[nH]c3n2)C1. The largest absolute Gasteiger partial charge is 0.434 e. The molecule has 4 heterocycles. The van der Waals surface area contributed by atoms with Crippen LogP contribution in [0.5, 0.6) is 11.6 Å². The van der Waals surface area contributed by atoms with Gasteiger partial charge in [-0.2, -0.15) is 0 Å². The van der Waals surface area contributed by atoms with Crippen LogP contribution in [-0.2, 0) is 0 Å². The molecule has 0 aromatic carbocycles. The van der Waals surface area contributed by atoms with Crippen LogP contribution in [0.2, 0.25) is 5.02 Å². The first-order valence-corrected chi connectivity index (χ1v) is 8.61. The van der Waals surface area contributed by atoms with Crippen LogP contribution in [0.15, 0.2) is 18.5 Å². The van der Waals surface area contributed by atoms with Crippen molar-refractivity contribution in [3.8, 4) is 11.6 Å². The number of nitrogens with one attached hydrogen (secondary N) is 1. The number of fused-ring (bicyclic) bond motifs is 1. The Kier molecular flexibility index (Phi) is 4.04. The first-order valence-electron chi connectivity index (χ1n) is 8.23. The Bertz CT molecular complexity index is 961. The molecule has 0 saturated carbocycles. The number of ether oxygens (including phenoxy) is 1. The Balaban J connectivity index is 1.61. The third-order valence-electron chi connectivity index (χ3n) is 4.69. The first-order chi connectivity index (χ1) is 12.5. The summed E-state index contributed by atoms with van der Waals surface area (Å²) in [6.45, 7) is 4.59. The molecule has 1 saturated heterocycles. The summed E-state index contributed by atoms with van der Waals surface area (Å²) in [5, 5.41) is 7.22. The second-order valence-electron chi connectivity index (χ2n) is 6.75. The predicted octanol–water partition coefficient (Wildman–Crippen LogP) is 1.95. The maximum atomic E-state index is 6.11. The number of nitrogens with zero attached hydrogens (tertiary/aromatic N) is 5. The molecule has 0 bridgehead atoms. The van der Waals surface area contributed by atoms with Crippen LogP contribution in [0.25, 0.3) is 11.2 Å². The maximum Gasteiger partial charge on any atom is 0.266 e. The van der Waals surface area contributed by atoms with E-state index in [0.717, 1.165) is 25.3 Å². The summed E-state index contributed by atoms with van der Waals surface area (Å²) in [5.41, 5.74) is 12.7. The Morgan fingerprint density at radius 1 is 1.42 bits per heavy atom. The second kappa shape index (κ2) is 6.26. The van der Waals surface area contributed by atoms with Crippen molar-refractivity contribution < 1.29 is 4.74 Å². The van der Waals surface area contributed by atoms with Gasteiger partial charge >= 0.3 is 0 Å². The standard InChI is InChI=1S/C16H19ClN8O/c1-16(7-18)3-5-25(8-16)10-6-21-12-14(22-10)23-24-15(12)26-9-2-4-20-13(19)11(9)17/h2,4,6H,3,5,7-8,18H2,1H3,(H2,19,20)(H,22,23,24). The molecule has 5 N–H and O–H groups in total. The van der Waals surface area contributed by atoms with Gasteiger partial charge in [0.1, 0.15) is 16.7 Å². The quantitative estimate of drug-likeness (QED) is 0.631. The Morgan fingerprint density at radius 3 is 3.04 bits per heavy atom. The van der Waals surface area contributed by atoms with Crippen molar-refractivity contribution in [1.82, 2.24) is 25.1 Å². The number of nitrogen functional groups attached to an aromatic ring is 1. The number of aromatic nitrogens is 5. The van der Waals surface area contributed by atoms with Gasteiger partial charge in [-0.15, -0.1) is 5.10 Å². The number of halogens is 1. The molecule has 3 aromatic rings. The van der Waals surface area contributed by atoms with Crippen LogP contribution in [0.3, 0.4) is 0 Å². The molecule has 0 amide bonds. The van der Waals surface area contributed by atoms with Gasteiger partial charge in [-0.05, 0) is 18.4 Å². The summed E-state index contributed by atoms with van der Waals surface area (Å²) in [7, 11) is 0. The summed E-state index contributed by atoms with van der Waals surface area (Å²) < 4.78 is 5.73. The summed E-state index contributed by atoms with van der Waals surface area (Å²) in [6, 6.07) is 1.61. The van der Waals surface area contributed by atoms with E-state index in [-0.39, 0.29) is 22.1 Å². The fourth-order valence-electron chi connectivity index (χ4n) is 3.00. The lowest BCUT2D eigenvalue weighted by atomic mass is 9.90. The molecule has 0 aliphatic carbocycles. The number of aromatic amines is 1. The summed E-state index contributed by atoms with van der Waals surface area (Å²) in [5.74, 6) is 1.61. The van der Waals surface area contributed by atoms with Crippen LogP contribution >= 0.6 is 11.6 Å². The lowest BCUT2D eigenvalue weighted by Gasteiger charge is -2.22. The topological polar surface area (TPSA) is 132 Å². The molecule has 1 atom stereocenters. The average Bonchev–Trinajstić information content (AvgIpc) is 3.23. The maximum absolute atomic E-state index is 6.11. The fraction of sp³-hybridized carbons (Fsp3) is 0.375. The van der Waals surface area contributed by atoms with Crippen LogP contribution in [0.4, 0.5) is 11.6 Å². The van der Waals surface area contributed by atoms with E-state index in [4.69, 9.17) is 27.8 Å². The number of hydrogen-bond acceptors (Lipinski definition) is 8. The molecule has 1 aliphatic heterocycles. The molecule has 26 heavy (non-hydrogen) atoms. The molecule has 9 nitrogen and oxygen atoms in total. The molecule has 1 unspecified atom stereocenters. The van der Waals surface area contributed by atoms with Gasteiger partial charge in [-0.3, -0.25) is 5.10 Å². The Hall–Kier alpha value is -2.65. The van der Waals surface area contributed by atoms with Crippen LogP contribution in [-0.4, -0.2) is 44.8 Å². The highest BCUT2D eigenvalue weighted by Gasteiger charge is 2.33. The van der Waals surface area contributed by atoms with Crippen molar-refractivity contribution in [3.63, 3.8) is 0 Å². The van der Waals surface area contributed by atoms with Gasteiger partial charge < -0.3 is 21.1 Å².